The Morgan fingerprint density at radius 3 is 2.67 bits per heavy atom. The van der Waals surface area contributed by atoms with Gasteiger partial charge in [-0.2, -0.15) is 0 Å². The highest BCUT2D eigenvalue weighted by molar-refractivity contribution is 7.91. The summed E-state index contributed by atoms with van der Waals surface area (Å²) in [7, 11) is -1.58. The number of hydrogen-bond acceptors (Lipinski definition) is 3. The van der Waals surface area contributed by atoms with Crippen molar-refractivity contribution < 1.29 is 8.42 Å². The first-order chi connectivity index (χ1) is 7.09. The second-order valence-electron chi connectivity index (χ2n) is 3.47. The van der Waals surface area contributed by atoms with Crippen molar-refractivity contribution in [3.8, 4) is 0 Å². The normalized spacial score (nSPS) is 12.2. The molecule has 0 unspecified atom stereocenters. The molecule has 0 aromatic carbocycles. The average Bonchev–Trinajstić information content (AvgIpc) is 2.71. The van der Waals surface area contributed by atoms with Gasteiger partial charge in [0.05, 0.1) is 0 Å². The lowest BCUT2D eigenvalue weighted by atomic mass is 10.2. The number of hydrogen-bond donors (Lipinski definition) is 0. The van der Waals surface area contributed by atoms with Gasteiger partial charge in [0.2, 0.25) is 0 Å². The van der Waals surface area contributed by atoms with Crippen molar-refractivity contribution in [1.29, 1.82) is 0 Å². The Labute approximate surface area is 95.8 Å². The van der Waals surface area contributed by atoms with E-state index >= 15 is 0 Å². The van der Waals surface area contributed by atoms with Crippen LogP contribution in [0.25, 0.3) is 0 Å². The third-order valence-corrected chi connectivity index (χ3v) is 5.47. The highest BCUT2D eigenvalue weighted by Crippen LogP contribution is 2.19. The fourth-order valence-corrected chi connectivity index (χ4v) is 3.68. The summed E-state index contributed by atoms with van der Waals surface area (Å²) in [6, 6.07) is 3.41. The summed E-state index contributed by atoms with van der Waals surface area (Å²) in [5, 5.41) is 1.78. The Morgan fingerprint density at radius 2 is 2.13 bits per heavy atom. The fraction of sp³-hybridized carbons (Fsp3) is 0.600. The maximum absolute atomic E-state index is 11.9. The zero-order valence-corrected chi connectivity index (χ0v) is 10.8. The first kappa shape index (κ1) is 12.7. The monoisotopic (exact) mass is 247 g/mol. The van der Waals surface area contributed by atoms with Crippen LogP contribution in [0.1, 0.15) is 26.2 Å². The summed E-state index contributed by atoms with van der Waals surface area (Å²) in [4.78, 5) is 0. The van der Waals surface area contributed by atoms with E-state index in [1.54, 1.807) is 24.6 Å². The van der Waals surface area contributed by atoms with Crippen molar-refractivity contribution in [2.45, 2.75) is 30.4 Å². The molecule has 0 saturated carbocycles. The number of rotatable bonds is 6. The summed E-state index contributed by atoms with van der Waals surface area (Å²) in [6.45, 7) is 2.71. The van der Waals surface area contributed by atoms with Gasteiger partial charge in [0, 0.05) is 13.6 Å². The van der Waals surface area contributed by atoms with E-state index in [2.05, 4.69) is 6.92 Å². The van der Waals surface area contributed by atoms with Crippen molar-refractivity contribution in [1.82, 2.24) is 4.31 Å². The Bertz CT molecular complexity index is 370. The van der Waals surface area contributed by atoms with Crippen LogP contribution in [0.4, 0.5) is 0 Å². The lowest BCUT2D eigenvalue weighted by Crippen LogP contribution is -2.27. The van der Waals surface area contributed by atoms with Crippen LogP contribution in [0.3, 0.4) is 0 Å². The molecule has 3 nitrogen and oxygen atoms in total. The van der Waals surface area contributed by atoms with E-state index in [0.29, 0.717) is 10.8 Å². The molecule has 0 spiro atoms. The molecular formula is C10H17NO2S2. The molecule has 0 radical (unpaired) electrons. The number of thiophene rings is 1. The SMILES string of the molecule is CCCCCN(C)S(=O)(=O)c1cccs1. The maximum Gasteiger partial charge on any atom is 0.252 e. The molecule has 1 aromatic rings. The van der Waals surface area contributed by atoms with Gasteiger partial charge in [-0.15, -0.1) is 11.3 Å². The third-order valence-electron chi connectivity index (χ3n) is 2.24. The zero-order valence-electron chi connectivity index (χ0n) is 9.14. The van der Waals surface area contributed by atoms with Crippen LogP contribution >= 0.6 is 11.3 Å². The molecule has 1 rings (SSSR count). The van der Waals surface area contributed by atoms with Crippen LogP contribution in [-0.2, 0) is 10.0 Å². The molecule has 0 fully saturated rings. The van der Waals surface area contributed by atoms with Crippen LogP contribution in [0, 0.1) is 0 Å². The molecular weight excluding hydrogens is 230 g/mol. The summed E-state index contributed by atoms with van der Waals surface area (Å²) in [5.74, 6) is 0. The van der Waals surface area contributed by atoms with Crippen molar-refractivity contribution in [3.63, 3.8) is 0 Å². The van der Waals surface area contributed by atoms with Crippen LogP contribution in [0.15, 0.2) is 21.7 Å². The van der Waals surface area contributed by atoms with Crippen molar-refractivity contribution in [2.75, 3.05) is 13.6 Å². The molecule has 15 heavy (non-hydrogen) atoms. The van der Waals surface area contributed by atoms with Crippen LogP contribution < -0.4 is 0 Å². The number of sulfonamides is 1. The topological polar surface area (TPSA) is 37.4 Å². The smallest absolute Gasteiger partial charge is 0.206 e. The number of unbranched alkanes of at least 4 members (excludes halogenated alkanes) is 2. The minimum atomic E-state index is -3.22. The van der Waals surface area contributed by atoms with Crippen LogP contribution in [0.5, 0.6) is 0 Å². The summed E-state index contributed by atoms with van der Waals surface area (Å²) in [6.07, 6.45) is 3.11. The molecule has 86 valence electrons. The van der Waals surface area contributed by atoms with Crippen molar-refractivity contribution in [2.24, 2.45) is 0 Å². The largest absolute Gasteiger partial charge is 0.252 e. The van der Waals surface area contributed by atoms with Gasteiger partial charge in [-0.25, -0.2) is 12.7 Å². The molecule has 1 heterocycles. The second-order valence-corrected chi connectivity index (χ2v) is 6.69. The lowest BCUT2D eigenvalue weighted by molar-refractivity contribution is 0.456. The molecule has 0 atom stereocenters. The molecule has 0 saturated heterocycles. The van der Waals surface area contributed by atoms with E-state index in [-0.39, 0.29) is 0 Å². The molecule has 0 N–H and O–H groups in total. The van der Waals surface area contributed by atoms with E-state index in [1.807, 2.05) is 0 Å². The summed E-state index contributed by atoms with van der Waals surface area (Å²) < 4.78 is 25.7. The average molecular weight is 247 g/mol. The fourth-order valence-electron chi connectivity index (χ4n) is 1.27. The molecule has 0 amide bonds. The van der Waals surface area contributed by atoms with Crippen LogP contribution in [0.2, 0.25) is 0 Å². The Hall–Kier alpha value is -0.390. The van der Waals surface area contributed by atoms with Gasteiger partial charge in [0.25, 0.3) is 10.0 Å². The third kappa shape index (κ3) is 3.29. The first-order valence-electron chi connectivity index (χ1n) is 5.09. The summed E-state index contributed by atoms with van der Waals surface area (Å²) >= 11 is 1.27. The molecule has 0 aliphatic heterocycles. The highest BCUT2D eigenvalue weighted by Gasteiger charge is 2.20. The Balaban J connectivity index is 2.62. The van der Waals surface area contributed by atoms with Gasteiger partial charge in [-0.05, 0) is 17.9 Å². The van der Waals surface area contributed by atoms with Crippen molar-refractivity contribution >= 4 is 21.4 Å². The minimum Gasteiger partial charge on any atom is -0.206 e. The van der Waals surface area contributed by atoms with Crippen molar-refractivity contribution in [3.05, 3.63) is 17.5 Å². The van der Waals surface area contributed by atoms with E-state index in [4.69, 9.17) is 0 Å². The van der Waals surface area contributed by atoms with E-state index in [1.165, 1.54) is 15.6 Å². The minimum absolute atomic E-state index is 0.432. The Morgan fingerprint density at radius 1 is 1.40 bits per heavy atom. The molecule has 1 aromatic heterocycles. The predicted molar refractivity (Wildman–Crippen MR) is 63.7 cm³/mol. The molecule has 0 aliphatic rings. The lowest BCUT2D eigenvalue weighted by Gasteiger charge is -2.15. The van der Waals surface area contributed by atoms with E-state index < -0.39 is 10.0 Å². The van der Waals surface area contributed by atoms with Gasteiger partial charge in [0.1, 0.15) is 4.21 Å². The standard InChI is InChI=1S/C10H17NO2S2/c1-3-4-5-8-11(2)15(12,13)10-7-6-9-14-10/h6-7,9H,3-5,8H2,1-2H3. The van der Waals surface area contributed by atoms with Gasteiger partial charge in [0.15, 0.2) is 0 Å². The van der Waals surface area contributed by atoms with Crippen LogP contribution in [-0.4, -0.2) is 26.3 Å². The Kier molecular flexibility index (Phi) is 4.76. The van der Waals surface area contributed by atoms with Gasteiger partial charge < -0.3 is 0 Å². The van der Waals surface area contributed by atoms with E-state index in [9.17, 15) is 8.42 Å². The number of nitrogens with zero attached hydrogens (tertiary/aromatic N) is 1. The van der Waals surface area contributed by atoms with Gasteiger partial charge in [-0.1, -0.05) is 25.8 Å². The van der Waals surface area contributed by atoms with Gasteiger partial charge in [-0.3, -0.25) is 0 Å². The molecule has 0 aliphatic carbocycles. The zero-order chi connectivity index (χ0) is 11.3. The van der Waals surface area contributed by atoms with Gasteiger partial charge >= 0.3 is 0 Å². The quantitative estimate of drug-likeness (QED) is 0.724. The first-order valence-corrected chi connectivity index (χ1v) is 7.41. The highest BCUT2D eigenvalue weighted by atomic mass is 32.2. The second kappa shape index (κ2) is 5.63. The van der Waals surface area contributed by atoms with E-state index in [0.717, 1.165) is 19.3 Å². The molecule has 0 bridgehead atoms. The summed E-state index contributed by atoms with van der Waals surface area (Å²) in [5.41, 5.74) is 0. The molecule has 5 heteroatoms. The predicted octanol–water partition coefficient (Wildman–Crippen LogP) is 2.56. The maximum atomic E-state index is 11.9.